The number of furan rings is 1. The highest BCUT2D eigenvalue weighted by atomic mass is 32.2. The monoisotopic (exact) mass is 350 g/mol. The molecule has 2 unspecified atom stereocenters. The zero-order valence-electron chi connectivity index (χ0n) is 15.8. The molecule has 1 aromatic heterocycles. The molecule has 130 valence electrons. The molecule has 0 radical (unpaired) electrons. The molecule has 0 amide bonds. The van der Waals surface area contributed by atoms with Crippen LogP contribution in [-0.4, -0.2) is 0 Å². The van der Waals surface area contributed by atoms with Crippen LogP contribution in [0.1, 0.15) is 52.2 Å². The summed E-state index contributed by atoms with van der Waals surface area (Å²) in [6.07, 6.45) is 2.34. The molecule has 25 heavy (non-hydrogen) atoms. The Morgan fingerprint density at radius 2 is 1.76 bits per heavy atom. The molecule has 1 aliphatic heterocycles. The maximum atomic E-state index is 6.37. The average Bonchev–Trinajstić information content (AvgIpc) is 3.01. The highest BCUT2D eigenvalue weighted by molar-refractivity contribution is 7.99. The molecule has 2 heterocycles. The second-order valence-electron chi connectivity index (χ2n) is 7.56. The predicted octanol–water partition coefficient (Wildman–Crippen LogP) is 7.08. The fraction of sp³-hybridized carbons (Fsp3) is 0.391. The van der Waals surface area contributed by atoms with Crippen molar-refractivity contribution in [3.8, 4) is 0 Å². The van der Waals surface area contributed by atoms with Crippen LogP contribution in [0.4, 0.5) is 0 Å². The molecule has 0 saturated carbocycles. The Bertz CT molecular complexity index is 950. The van der Waals surface area contributed by atoms with Crippen LogP contribution < -0.4 is 0 Å². The van der Waals surface area contributed by atoms with Crippen LogP contribution in [0.2, 0.25) is 0 Å². The van der Waals surface area contributed by atoms with Crippen molar-refractivity contribution in [2.75, 3.05) is 0 Å². The minimum Gasteiger partial charge on any atom is -0.460 e. The molecule has 1 aliphatic rings. The van der Waals surface area contributed by atoms with Gasteiger partial charge in [0.25, 0.3) is 0 Å². The fourth-order valence-electron chi connectivity index (χ4n) is 4.15. The summed E-state index contributed by atoms with van der Waals surface area (Å²) in [5, 5.41) is 1.67. The van der Waals surface area contributed by atoms with E-state index in [0.717, 1.165) is 17.8 Å². The summed E-state index contributed by atoms with van der Waals surface area (Å²) < 4.78 is 6.37. The van der Waals surface area contributed by atoms with Crippen molar-refractivity contribution in [2.45, 2.75) is 57.6 Å². The van der Waals surface area contributed by atoms with Gasteiger partial charge in [0, 0.05) is 10.3 Å². The van der Waals surface area contributed by atoms with Crippen molar-refractivity contribution in [1.29, 1.82) is 0 Å². The quantitative estimate of drug-likeness (QED) is 0.490. The number of thioether (sulfide) groups is 1. The van der Waals surface area contributed by atoms with Crippen molar-refractivity contribution in [3.05, 3.63) is 63.9 Å². The molecule has 0 aliphatic carbocycles. The van der Waals surface area contributed by atoms with E-state index in [1.807, 2.05) is 11.8 Å². The van der Waals surface area contributed by atoms with E-state index in [-0.39, 0.29) is 0 Å². The van der Waals surface area contributed by atoms with Gasteiger partial charge in [-0.15, -0.1) is 11.8 Å². The Labute approximate surface area is 154 Å². The van der Waals surface area contributed by atoms with Gasteiger partial charge in [-0.3, -0.25) is 0 Å². The lowest BCUT2D eigenvalue weighted by atomic mass is 9.89. The fourth-order valence-corrected chi connectivity index (χ4v) is 5.76. The van der Waals surface area contributed by atoms with Gasteiger partial charge in [0.05, 0.1) is 5.25 Å². The van der Waals surface area contributed by atoms with Gasteiger partial charge < -0.3 is 4.42 Å². The third-order valence-corrected chi connectivity index (χ3v) is 7.32. The molecule has 0 fully saturated rings. The Hall–Kier alpha value is -1.67. The maximum Gasteiger partial charge on any atom is 0.134 e. The van der Waals surface area contributed by atoms with Gasteiger partial charge >= 0.3 is 0 Å². The molecule has 0 N–H and O–H groups in total. The van der Waals surface area contributed by atoms with Crippen LogP contribution in [0.3, 0.4) is 0 Å². The van der Waals surface area contributed by atoms with Gasteiger partial charge in [-0.25, -0.2) is 0 Å². The molecule has 3 aromatic rings. The Morgan fingerprint density at radius 1 is 1.00 bits per heavy atom. The second-order valence-corrected chi connectivity index (χ2v) is 8.71. The predicted molar refractivity (Wildman–Crippen MR) is 108 cm³/mol. The molecule has 2 heteroatoms. The largest absolute Gasteiger partial charge is 0.460 e. The highest BCUT2D eigenvalue weighted by Gasteiger charge is 2.33. The zero-order chi connectivity index (χ0) is 17.7. The van der Waals surface area contributed by atoms with E-state index in [2.05, 4.69) is 65.0 Å². The van der Waals surface area contributed by atoms with Crippen molar-refractivity contribution in [2.24, 2.45) is 5.92 Å². The van der Waals surface area contributed by atoms with E-state index < -0.39 is 0 Å². The number of fused-ring (bicyclic) bond motifs is 2. The van der Waals surface area contributed by atoms with E-state index in [9.17, 15) is 0 Å². The summed E-state index contributed by atoms with van der Waals surface area (Å²) in [6, 6.07) is 11.2. The Morgan fingerprint density at radius 3 is 2.52 bits per heavy atom. The van der Waals surface area contributed by atoms with E-state index >= 15 is 0 Å². The van der Waals surface area contributed by atoms with Gasteiger partial charge in [-0.2, -0.15) is 0 Å². The van der Waals surface area contributed by atoms with Gasteiger partial charge in [-0.05, 0) is 80.0 Å². The highest BCUT2D eigenvalue weighted by Crippen LogP contribution is 2.51. The SMILES string of the molecule is CCC1Cc2c(C)ccc(C)c2SC1c1cc2c(C)cc(C)cc2o1. The number of hydrogen-bond donors (Lipinski definition) is 0. The smallest absolute Gasteiger partial charge is 0.134 e. The Balaban J connectivity index is 1.81. The van der Waals surface area contributed by atoms with Gasteiger partial charge in [0.15, 0.2) is 0 Å². The number of rotatable bonds is 2. The first-order chi connectivity index (χ1) is 12.0. The molecule has 2 aromatic carbocycles. The molecule has 4 rings (SSSR count). The normalized spacial score (nSPS) is 20.0. The Kier molecular flexibility index (Phi) is 4.19. The topological polar surface area (TPSA) is 13.1 Å². The number of aryl methyl sites for hydroxylation is 4. The summed E-state index contributed by atoms with van der Waals surface area (Å²) in [5.74, 6) is 1.77. The lowest BCUT2D eigenvalue weighted by Gasteiger charge is -2.32. The van der Waals surface area contributed by atoms with Crippen molar-refractivity contribution >= 4 is 22.7 Å². The summed E-state index contributed by atoms with van der Waals surface area (Å²) in [5.41, 5.74) is 8.00. The third kappa shape index (κ3) is 2.81. The van der Waals surface area contributed by atoms with Crippen LogP contribution in [0.15, 0.2) is 39.6 Å². The third-order valence-electron chi connectivity index (χ3n) is 5.64. The average molecular weight is 351 g/mol. The van der Waals surface area contributed by atoms with E-state index in [1.54, 1.807) is 5.56 Å². The van der Waals surface area contributed by atoms with Gasteiger partial charge in [-0.1, -0.05) is 31.5 Å². The number of benzene rings is 2. The van der Waals surface area contributed by atoms with Crippen LogP contribution in [-0.2, 0) is 6.42 Å². The summed E-state index contributed by atoms with van der Waals surface area (Å²) >= 11 is 2.02. The molecule has 0 spiro atoms. The number of hydrogen-bond acceptors (Lipinski definition) is 2. The van der Waals surface area contributed by atoms with E-state index in [0.29, 0.717) is 11.2 Å². The molecular weight excluding hydrogens is 324 g/mol. The molecular formula is C23H26OS. The molecule has 0 bridgehead atoms. The van der Waals surface area contributed by atoms with Crippen molar-refractivity contribution < 1.29 is 4.42 Å². The maximum absolute atomic E-state index is 6.37. The summed E-state index contributed by atoms with van der Waals surface area (Å²) in [4.78, 5) is 1.48. The lowest BCUT2D eigenvalue weighted by Crippen LogP contribution is -2.18. The minimum atomic E-state index is 0.408. The second kappa shape index (κ2) is 6.25. The van der Waals surface area contributed by atoms with Crippen LogP contribution in [0.25, 0.3) is 11.0 Å². The van der Waals surface area contributed by atoms with Crippen molar-refractivity contribution in [3.63, 3.8) is 0 Å². The van der Waals surface area contributed by atoms with Crippen LogP contribution in [0.5, 0.6) is 0 Å². The van der Waals surface area contributed by atoms with Crippen molar-refractivity contribution in [1.82, 2.24) is 0 Å². The lowest BCUT2D eigenvalue weighted by molar-refractivity contribution is 0.424. The zero-order valence-corrected chi connectivity index (χ0v) is 16.6. The van der Waals surface area contributed by atoms with E-state index in [4.69, 9.17) is 4.42 Å². The molecule has 1 nitrogen and oxygen atoms in total. The first-order valence-corrected chi connectivity index (χ1v) is 10.1. The standard InChI is InChI=1S/C23H26OS/c1-6-17-11-19-14(3)7-8-15(4)22(19)25-23(17)21-12-18-16(5)9-13(2)10-20(18)24-21/h7-10,12,17,23H,6,11H2,1-5H3. The molecule has 2 atom stereocenters. The first-order valence-electron chi connectivity index (χ1n) is 9.24. The van der Waals surface area contributed by atoms with Gasteiger partial charge in [0.2, 0.25) is 0 Å². The molecule has 0 saturated heterocycles. The van der Waals surface area contributed by atoms with Crippen LogP contribution in [0, 0.1) is 33.6 Å². The minimum absolute atomic E-state index is 0.408. The van der Waals surface area contributed by atoms with E-state index in [1.165, 1.54) is 39.0 Å². The first kappa shape index (κ1) is 16.8. The summed E-state index contributed by atoms with van der Waals surface area (Å²) in [7, 11) is 0. The van der Waals surface area contributed by atoms with Gasteiger partial charge in [0.1, 0.15) is 11.3 Å². The van der Waals surface area contributed by atoms with Crippen LogP contribution >= 0.6 is 11.8 Å². The summed E-state index contributed by atoms with van der Waals surface area (Å²) in [6.45, 7) is 11.1.